The number of piperidine rings is 1. The second kappa shape index (κ2) is 6.47. The number of hydrogen-bond acceptors (Lipinski definition) is 2. The van der Waals surface area contributed by atoms with E-state index >= 15 is 0 Å². The lowest BCUT2D eigenvalue weighted by molar-refractivity contribution is -1.13. The summed E-state index contributed by atoms with van der Waals surface area (Å²) in [5.74, 6) is 0.564. The normalized spacial score (nSPS) is 32.3. The highest BCUT2D eigenvalue weighted by Crippen LogP contribution is 2.39. The number of ether oxygens (including phenoxy) is 1. The Balaban J connectivity index is 1.70. The van der Waals surface area contributed by atoms with Gasteiger partial charge in [-0.1, -0.05) is 44.2 Å². The number of benzene rings is 1. The molecule has 0 aliphatic carbocycles. The molecule has 0 spiro atoms. The standard InChI is InChI=1S/C18H28NO2/c1-15(2)14-20-18-12-17-10-6-7-11-19(17,21-18)13-16-8-4-3-5-9-16/h3-5,8-9,15,17-18H,6-7,10-14H2,1-2H3/q+1/t17-,18+,19?/m0/s1. The molecule has 1 aromatic rings. The zero-order valence-corrected chi connectivity index (χ0v) is 13.3. The predicted octanol–water partition coefficient (Wildman–Crippen LogP) is 3.89. The van der Waals surface area contributed by atoms with Gasteiger partial charge in [0, 0.05) is 12.0 Å². The number of quaternary nitrogens is 1. The van der Waals surface area contributed by atoms with Gasteiger partial charge in [0.1, 0.15) is 19.1 Å². The highest BCUT2D eigenvalue weighted by molar-refractivity contribution is 5.13. The molecular weight excluding hydrogens is 262 g/mol. The molecule has 2 aliphatic rings. The summed E-state index contributed by atoms with van der Waals surface area (Å²) in [5, 5.41) is 0. The van der Waals surface area contributed by atoms with Gasteiger partial charge in [0.15, 0.2) is 0 Å². The van der Waals surface area contributed by atoms with Gasteiger partial charge in [0.2, 0.25) is 6.29 Å². The smallest absolute Gasteiger partial charge is 0.221 e. The van der Waals surface area contributed by atoms with E-state index in [0.29, 0.717) is 12.0 Å². The van der Waals surface area contributed by atoms with Crippen LogP contribution in [-0.4, -0.2) is 30.1 Å². The van der Waals surface area contributed by atoms with Gasteiger partial charge in [-0.05, 0) is 18.8 Å². The molecule has 3 heteroatoms. The van der Waals surface area contributed by atoms with Crippen LogP contribution in [0.4, 0.5) is 0 Å². The van der Waals surface area contributed by atoms with Crippen LogP contribution >= 0.6 is 0 Å². The first-order valence-electron chi connectivity index (χ1n) is 8.39. The molecule has 2 heterocycles. The van der Waals surface area contributed by atoms with Gasteiger partial charge in [-0.25, -0.2) is 0 Å². The molecule has 1 aromatic carbocycles. The second-order valence-corrected chi connectivity index (χ2v) is 6.97. The topological polar surface area (TPSA) is 18.5 Å². The fourth-order valence-corrected chi connectivity index (χ4v) is 3.66. The SMILES string of the molecule is CC(C)CO[C@H]1C[C@@H]2CCCC[N+]2(Cc2ccccc2)O1. The summed E-state index contributed by atoms with van der Waals surface area (Å²) >= 11 is 0. The molecule has 2 saturated heterocycles. The van der Waals surface area contributed by atoms with Crippen molar-refractivity contribution in [1.29, 1.82) is 0 Å². The maximum Gasteiger partial charge on any atom is 0.221 e. The Morgan fingerprint density at radius 2 is 2.05 bits per heavy atom. The van der Waals surface area contributed by atoms with E-state index in [2.05, 4.69) is 44.2 Å². The van der Waals surface area contributed by atoms with Crippen molar-refractivity contribution < 1.29 is 14.2 Å². The van der Waals surface area contributed by atoms with Crippen LogP contribution in [0.1, 0.15) is 45.1 Å². The first kappa shape index (κ1) is 15.0. The molecular formula is C18H28NO2+. The van der Waals surface area contributed by atoms with Gasteiger partial charge in [0.05, 0.1) is 13.0 Å². The van der Waals surface area contributed by atoms with E-state index < -0.39 is 0 Å². The summed E-state index contributed by atoms with van der Waals surface area (Å²) in [5.41, 5.74) is 1.37. The molecule has 2 aliphatic heterocycles. The van der Waals surface area contributed by atoms with E-state index in [-0.39, 0.29) is 6.29 Å². The Bertz CT molecular complexity index is 448. The van der Waals surface area contributed by atoms with Crippen LogP contribution in [0.5, 0.6) is 0 Å². The second-order valence-electron chi connectivity index (χ2n) is 6.97. The lowest BCUT2D eigenvalue weighted by Crippen LogP contribution is -2.52. The van der Waals surface area contributed by atoms with E-state index in [1.54, 1.807) is 0 Å². The van der Waals surface area contributed by atoms with Crippen LogP contribution in [0, 0.1) is 5.92 Å². The van der Waals surface area contributed by atoms with Crippen molar-refractivity contribution in [3.63, 3.8) is 0 Å². The number of fused-ring (bicyclic) bond motifs is 1. The largest absolute Gasteiger partial charge is 0.347 e. The molecule has 3 atom stereocenters. The maximum atomic E-state index is 6.42. The number of hydrogen-bond donors (Lipinski definition) is 0. The van der Waals surface area contributed by atoms with E-state index in [4.69, 9.17) is 9.57 Å². The Kier molecular flexibility index (Phi) is 4.63. The summed E-state index contributed by atoms with van der Waals surface area (Å²) in [6, 6.07) is 11.4. The van der Waals surface area contributed by atoms with Gasteiger partial charge >= 0.3 is 0 Å². The zero-order chi connectivity index (χ0) is 14.7. The van der Waals surface area contributed by atoms with Crippen LogP contribution < -0.4 is 0 Å². The van der Waals surface area contributed by atoms with E-state index in [0.717, 1.165) is 30.8 Å². The average Bonchev–Trinajstić information content (AvgIpc) is 2.84. The minimum Gasteiger partial charge on any atom is -0.347 e. The Hall–Kier alpha value is -0.900. The van der Waals surface area contributed by atoms with E-state index in [1.807, 2.05) is 0 Å². The predicted molar refractivity (Wildman–Crippen MR) is 83.2 cm³/mol. The van der Waals surface area contributed by atoms with E-state index in [1.165, 1.54) is 24.8 Å². The molecule has 0 saturated carbocycles. The minimum absolute atomic E-state index is 0.0146. The summed E-state index contributed by atoms with van der Waals surface area (Å²) in [6.07, 6.45) is 4.91. The van der Waals surface area contributed by atoms with Gasteiger partial charge in [-0.3, -0.25) is 0 Å². The molecule has 21 heavy (non-hydrogen) atoms. The summed E-state index contributed by atoms with van der Waals surface area (Å²) in [7, 11) is 0. The molecule has 1 unspecified atom stereocenters. The molecule has 0 amide bonds. The Labute approximate surface area is 128 Å². The first-order valence-corrected chi connectivity index (χ1v) is 8.39. The van der Waals surface area contributed by atoms with Gasteiger partial charge in [-0.15, -0.1) is 0 Å². The van der Waals surface area contributed by atoms with Crippen LogP contribution in [0.15, 0.2) is 30.3 Å². The number of rotatable bonds is 5. The van der Waals surface area contributed by atoms with Crippen molar-refractivity contribution in [3.8, 4) is 0 Å². The Morgan fingerprint density at radius 3 is 2.81 bits per heavy atom. The quantitative estimate of drug-likeness (QED) is 0.766. The number of hydroxylamine groups is 3. The zero-order valence-electron chi connectivity index (χ0n) is 13.3. The van der Waals surface area contributed by atoms with E-state index in [9.17, 15) is 0 Å². The lowest BCUT2D eigenvalue weighted by atomic mass is 9.98. The van der Waals surface area contributed by atoms with Crippen molar-refractivity contribution in [2.45, 2.75) is 58.4 Å². The van der Waals surface area contributed by atoms with Crippen molar-refractivity contribution in [2.24, 2.45) is 5.92 Å². The number of nitrogens with zero attached hydrogens (tertiary/aromatic N) is 1. The van der Waals surface area contributed by atoms with Gasteiger partial charge in [0.25, 0.3) is 0 Å². The van der Waals surface area contributed by atoms with Crippen molar-refractivity contribution in [3.05, 3.63) is 35.9 Å². The highest BCUT2D eigenvalue weighted by atomic mass is 16.8. The average molecular weight is 290 g/mol. The van der Waals surface area contributed by atoms with Crippen molar-refractivity contribution in [1.82, 2.24) is 0 Å². The first-order chi connectivity index (χ1) is 10.2. The van der Waals surface area contributed by atoms with Gasteiger partial charge < -0.3 is 4.74 Å². The van der Waals surface area contributed by atoms with Crippen LogP contribution in [0.25, 0.3) is 0 Å². The molecule has 2 fully saturated rings. The van der Waals surface area contributed by atoms with Gasteiger partial charge in [-0.2, -0.15) is 9.48 Å². The molecule has 0 N–H and O–H groups in total. The van der Waals surface area contributed by atoms with Crippen LogP contribution in [0.2, 0.25) is 0 Å². The van der Waals surface area contributed by atoms with Crippen molar-refractivity contribution in [2.75, 3.05) is 13.2 Å². The molecule has 0 radical (unpaired) electrons. The maximum absolute atomic E-state index is 6.42. The summed E-state index contributed by atoms with van der Waals surface area (Å²) in [4.78, 5) is 6.42. The third-order valence-electron chi connectivity index (χ3n) is 4.69. The highest BCUT2D eigenvalue weighted by Gasteiger charge is 2.51. The van der Waals surface area contributed by atoms with Crippen LogP contribution in [0.3, 0.4) is 0 Å². The molecule has 3 nitrogen and oxygen atoms in total. The minimum atomic E-state index is -0.0146. The fourth-order valence-electron chi connectivity index (χ4n) is 3.66. The molecule has 0 bridgehead atoms. The fraction of sp³-hybridized carbons (Fsp3) is 0.667. The third-order valence-corrected chi connectivity index (χ3v) is 4.69. The summed E-state index contributed by atoms with van der Waals surface area (Å²) < 4.78 is 6.77. The molecule has 116 valence electrons. The third kappa shape index (κ3) is 3.47. The summed E-state index contributed by atoms with van der Waals surface area (Å²) in [6.45, 7) is 7.28. The Morgan fingerprint density at radius 1 is 1.24 bits per heavy atom. The van der Waals surface area contributed by atoms with Crippen LogP contribution in [-0.2, 0) is 16.1 Å². The molecule has 0 aromatic heterocycles. The lowest BCUT2D eigenvalue weighted by Gasteiger charge is -2.39. The molecule has 3 rings (SSSR count). The van der Waals surface area contributed by atoms with Crippen molar-refractivity contribution >= 4 is 0 Å². The monoisotopic (exact) mass is 290 g/mol.